The molecule has 126 valence electrons. The normalized spacial score (nSPS) is 20.7. The van der Waals surface area contributed by atoms with Crippen LogP contribution in [0, 0.1) is 6.92 Å². The fraction of sp³-hybridized carbons (Fsp3) is 0.350. The first-order valence-corrected chi connectivity index (χ1v) is 8.31. The monoisotopic (exact) mass is 326 g/mol. The molecule has 0 aliphatic heterocycles. The Morgan fingerprint density at radius 2 is 1.54 bits per heavy atom. The molecule has 24 heavy (non-hydrogen) atoms. The summed E-state index contributed by atoms with van der Waals surface area (Å²) in [5.41, 5.74) is 3.27. The van der Waals surface area contributed by atoms with Gasteiger partial charge in [-0.15, -0.1) is 0 Å². The van der Waals surface area contributed by atoms with E-state index in [1.807, 2.05) is 19.1 Å². The Kier molecular flexibility index (Phi) is 4.47. The van der Waals surface area contributed by atoms with E-state index in [9.17, 15) is 20.1 Å². The van der Waals surface area contributed by atoms with Crippen molar-refractivity contribution in [3.63, 3.8) is 0 Å². The van der Waals surface area contributed by atoms with Crippen LogP contribution in [0.25, 0.3) is 0 Å². The molecule has 1 aliphatic rings. The number of aromatic carboxylic acids is 1. The maximum Gasteiger partial charge on any atom is 0.335 e. The summed E-state index contributed by atoms with van der Waals surface area (Å²) in [5, 5.41) is 28.9. The van der Waals surface area contributed by atoms with Gasteiger partial charge in [-0.25, -0.2) is 4.79 Å². The Labute approximate surface area is 141 Å². The summed E-state index contributed by atoms with van der Waals surface area (Å²) in [7, 11) is 0. The number of aryl methyl sites for hydroxylation is 1. The maximum atomic E-state index is 11.5. The Morgan fingerprint density at radius 3 is 2.12 bits per heavy atom. The summed E-state index contributed by atoms with van der Waals surface area (Å²) in [6.45, 7) is 1.98. The molecule has 1 fully saturated rings. The molecular weight excluding hydrogens is 304 g/mol. The summed E-state index contributed by atoms with van der Waals surface area (Å²) < 4.78 is 0. The van der Waals surface area contributed by atoms with E-state index in [-0.39, 0.29) is 23.3 Å². The van der Waals surface area contributed by atoms with Crippen LogP contribution in [0.2, 0.25) is 0 Å². The molecule has 0 radical (unpaired) electrons. The van der Waals surface area contributed by atoms with E-state index < -0.39 is 5.97 Å². The second kappa shape index (κ2) is 6.56. The van der Waals surface area contributed by atoms with E-state index in [1.54, 1.807) is 18.2 Å². The lowest BCUT2D eigenvalue weighted by Gasteiger charge is -2.30. The van der Waals surface area contributed by atoms with E-state index in [0.717, 1.165) is 42.4 Å². The molecule has 4 nitrogen and oxygen atoms in total. The third-order valence-corrected chi connectivity index (χ3v) is 5.06. The van der Waals surface area contributed by atoms with Crippen molar-refractivity contribution >= 4 is 5.97 Å². The van der Waals surface area contributed by atoms with Crippen LogP contribution in [0.3, 0.4) is 0 Å². The maximum absolute atomic E-state index is 11.5. The Balaban J connectivity index is 1.78. The van der Waals surface area contributed by atoms with Crippen LogP contribution >= 0.6 is 0 Å². The van der Waals surface area contributed by atoms with Crippen molar-refractivity contribution in [3.8, 4) is 11.5 Å². The van der Waals surface area contributed by atoms with Crippen molar-refractivity contribution in [2.24, 2.45) is 0 Å². The van der Waals surface area contributed by atoms with Gasteiger partial charge in [-0.1, -0.05) is 23.8 Å². The van der Waals surface area contributed by atoms with Gasteiger partial charge < -0.3 is 15.3 Å². The van der Waals surface area contributed by atoms with Crippen molar-refractivity contribution in [2.75, 3.05) is 0 Å². The predicted molar refractivity (Wildman–Crippen MR) is 91.9 cm³/mol. The Hall–Kier alpha value is -2.49. The highest BCUT2D eigenvalue weighted by Crippen LogP contribution is 2.44. The van der Waals surface area contributed by atoms with Crippen LogP contribution in [-0.4, -0.2) is 21.3 Å². The molecule has 0 unspecified atom stereocenters. The van der Waals surface area contributed by atoms with Gasteiger partial charge in [0.2, 0.25) is 0 Å². The van der Waals surface area contributed by atoms with Crippen molar-refractivity contribution in [2.45, 2.75) is 44.4 Å². The van der Waals surface area contributed by atoms with E-state index in [0.29, 0.717) is 5.56 Å². The van der Waals surface area contributed by atoms with Crippen molar-refractivity contribution in [1.82, 2.24) is 0 Å². The SMILES string of the molecule is Cc1ccc(C(=O)O)c(C2CCC(c3ccc(O)cc3O)CC2)c1. The standard InChI is InChI=1S/C20H22O4/c1-12-2-8-17(20(23)24)18(10-12)14-5-3-13(4-6-14)16-9-7-15(21)11-19(16)22/h2,7-11,13-14,21-22H,3-6H2,1H3,(H,23,24). The van der Waals surface area contributed by atoms with Gasteiger partial charge in [0.25, 0.3) is 0 Å². The quantitative estimate of drug-likeness (QED) is 0.773. The molecule has 4 heteroatoms. The Bertz CT molecular complexity index is 758. The first kappa shape index (κ1) is 16.4. The Morgan fingerprint density at radius 1 is 0.917 bits per heavy atom. The molecule has 0 atom stereocenters. The van der Waals surface area contributed by atoms with E-state index in [2.05, 4.69) is 0 Å². The summed E-state index contributed by atoms with van der Waals surface area (Å²) in [6, 6.07) is 10.3. The number of hydrogen-bond acceptors (Lipinski definition) is 3. The zero-order chi connectivity index (χ0) is 17.3. The van der Waals surface area contributed by atoms with Gasteiger partial charge in [0.15, 0.2) is 0 Å². The lowest BCUT2D eigenvalue weighted by Crippen LogP contribution is -2.15. The molecule has 0 aromatic heterocycles. The predicted octanol–water partition coefficient (Wildman–Crippen LogP) is 4.55. The summed E-state index contributed by atoms with van der Waals surface area (Å²) in [6.07, 6.45) is 3.59. The number of benzene rings is 2. The van der Waals surface area contributed by atoms with E-state index >= 15 is 0 Å². The van der Waals surface area contributed by atoms with Crippen molar-refractivity contribution in [1.29, 1.82) is 0 Å². The fourth-order valence-corrected chi connectivity index (χ4v) is 3.81. The first-order chi connectivity index (χ1) is 11.5. The molecule has 0 heterocycles. The minimum atomic E-state index is -0.872. The number of aromatic hydroxyl groups is 2. The van der Waals surface area contributed by atoms with Crippen LogP contribution in [0.4, 0.5) is 0 Å². The summed E-state index contributed by atoms with van der Waals surface area (Å²) >= 11 is 0. The number of carboxylic acids is 1. The van der Waals surface area contributed by atoms with Crippen LogP contribution in [0.5, 0.6) is 11.5 Å². The van der Waals surface area contributed by atoms with E-state index in [1.165, 1.54) is 6.07 Å². The van der Waals surface area contributed by atoms with Crippen LogP contribution in [0.15, 0.2) is 36.4 Å². The second-order valence-corrected chi connectivity index (χ2v) is 6.69. The minimum absolute atomic E-state index is 0.0656. The fourth-order valence-electron chi connectivity index (χ4n) is 3.81. The molecule has 0 bridgehead atoms. The molecule has 1 saturated carbocycles. The number of rotatable bonds is 3. The lowest BCUT2D eigenvalue weighted by molar-refractivity contribution is 0.0694. The molecule has 0 spiro atoms. The topological polar surface area (TPSA) is 77.8 Å². The van der Waals surface area contributed by atoms with Crippen molar-refractivity contribution < 1.29 is 20.1 Å². The molecule has 0 amide bonds. The molecular formula is C20H22O4. The smallest absolute Gasteiger partial charge is 0.335 e. The van der Waals surface area contributed by atoms with Gasteiger partial charge in [0.1, 0.15) is 11.5 Å². The van der Waals surface area contributed by atoms with Gasteiger partial charge in [0.05, 0.1) is 5.56 Å². The summed E-state index contributed by atoms with van der Waals surface area (Å²) in [4.78, 5) is 11.5. The lowest BCUT2D eigenvalue weighted by atomic mass is 9.75. The average Bonchev–Trinajstić information content (AvgIpc) is 2.55. The third kappa shape index (κ3) is 3.23. The van der Waals surface area contributed by atoms with Crippen LogP contribution in [-0.2, 0) is 0 Å². The molecule has 2 aromatic carbocycles. The number of carboxylic acid groups (broad SMARTS) is 1. The molecule has 2 aromatic rings. The number of phenolic OH excluding ortho intramolecular Hbond substituents is 2. The summed E-state index contributed by atoms with van der Waals surface area (Å²) in [5.74, 6) is -0.175. The molecule has 0 saturated heterocycles. The van der Waals surface area contributed by atoms with Gasteiger partial charge in [-0.05, 0) is 67.7 Å². The average molecular weight is 326 g/mol. The second-order valence-electron chi connectivity index (χ2n) is 6.69. The highest BCUT2D eigenvalue weighted by molar-refractivity contribution is 5.89. The number of phenols is 2. The zero-order valence-electron chi connectivity index (χ0n) is 13.7. The largest absolute Gasteiger partial charge is 0.508 e. The molecule has 1 aliphatic carbocycles. The van der Waals surface area contributed by atoms with Gasteiger partial charge in [0, 0.05) is 6.07 Å². The van der Waals surface area contributed by atoms with Gasteiger partial charge >= 0.3 is 5.97 Å². The van der Waals surface area contributed by atoms with Gasteiger partial charge in [-0.2, -0.15) is 0 Å². The van der Waals surface area contributed by atoms with Crippen molar-refractivity contribution in [3.05, 3.63) is 58.7 Å². The number of hydrogen-bond donors (Lipinski definition) is 3. The van der Waals surface area contributed by atoms with Crippen LogP contribution in [0.1, 0.15) is 64.6 Å². The first-order valence-electron chi connectivity index (χ1n) is 8.31. The van der Waals surface area contributed by atoms with Gasteiger partial charge in [-0.3, -0.25) is 0 Å². The highest BCUT2D eigenvalue weighted by atomic mass is 16.4. The minimum Gasteiger partial charge on any atom is -0.508 e. The highest BCUT2D eigenvalue weighted by Gasteiger charge is 2.27. The zero-order valence-corrected chi connectivity index (χ0v) is 13.7. The van der Waals surface area contributed by atoms with E-state index in [4.69, 9.17) is 0 Å². The number of carbonyl (C=O) groups is 1. The molecule has 3 rings (SSSR count). The third-order valence-electron chi connectivity index (χ3n) is 5.06. The molecule has 3 N–H and O–H groups in total. The van der Waals surface area contributed by atoms with Crippen LogP contribution < -0.4 is 0 Å².